The molecule has 0 saturated carbocycles. The van der Waals surface area contributed by atoms with E-state index < -0.39 is 0 Å². The molecule has 0 bridgehead atoms. The van der Waals surface area contributed by atoms with Gasteiger partial charge in [0, 0.05) is 6.04 Å². The molecular formula is C10H13ClN6O2S. The van der Waals surface area contributed by atoms with Crippen LogP contribution in [-0.2, 0) is 0 Å². The van der Waals surface area contributed by atoms with Crippen LogP contribution in [0, 0.1) is 0 Å². The number of H-pyrrole nitrogens is 1. The van der Waals surface area contributed by atoms with E-state index in [1.807, 2.05) is 20.8 Å². The summed E-state index contributed by atoms with van der Waals surface area (Å²) in [5.74, 6) is 0. The maximum absolute atomic E-state index is 11.6. The average Bonchev–Trinajstić information content (AvgIpc) is 2.70. The number of rotatable bonds is 5. The minimum Gasteiger partial charge on any atom is -0.464 e. The number of aromatic amines is 1. The first kappa shape index (κ1) is 14.8. The zero-order valence-electron chi connectivity index (χ0n) is 11.1. The quantitative estimate of drug-likeness (QED) is 0.893. The molecule has 2 aromatic heterocycles. The van der Waals surface area contributed by atoms with Gasteiger partial charge in [0.1, 0.15) is 0 Å². The van der Waals surface area contributed by atoms with Crippen molar-refractivity contribution >= 4 is 23.4 Å². The number of hydrogen-bond donors (Lipinski definition) is 1. The Bertz CT molecular complexity index is 655. The molecule has 0 amide bonds. The maximum atomic E-state index is 11.6. The van der Waals surface area contributed by atoms with Gasteiger partial charge in [-0.1, -0.05) is 0 Å². The van der Waals surface area contributed by atoms with Crippen LogP contribution in [0.25, 0.3) is 0 Å². The van der Waals surface area contributed by atoms with Crippen molar-refractivity contribution in [2.75, 3.05) is 6.61 Å². The SMILES string of the molecule is CCOc1nc(Cl)nc(Sc2n[nH]c(=O)n2C(C)C)n1. The Labute approximate surface area is 124 Å². The van der Waals surface area contributed by atoms with E-state index in [4.69, 9.17) is 16.3 Å². The van der Waals surface area contributed by atoms with E-state index in [1.165, 1.54) is 4.57 Å². The Morgan fingerprint density at radius 2 is 2.15 bits per heavy atom. The Kier molecular flexibility index (Phi) is 4.61. The lowest BCUT2D eigenvalue weighted by Gasteiger charge is -2.08. The van der Waals surface area contributed by atoms with Gasteiger partial charge in [-0.05, 0) is 44.1 Å². The van der Waals surface area contributed by atoms with E-state index in [2.05, 4.69) is 25.1 Å². The van der Waals surface area contributed by atoms with Crippen LogP contribution in [0.3, 0.4) is 0 Å². The van der Waals surface area contributed by atoms with Gasteiger partial charge < -0.3 is 4.74 Å². The van der Waals surface area contributed by atoms with E-state index in [9.17, 15) is 4.79 Å². The van der Waals surface area contributed by atoms with Crippen molar-refractivity contribution in [3.05, 3.63) is 15.8 Å². The van der Waals surface area contributed by atoms with E-state index in [1.54, 1.807) is 0 Å². The van der Waals surface area contributed by atoms with Crippen molar-refractivity contribution in [3.8, 4) is 6.01 Å². The topological polar surface area (TPSA) is 98.6 Å². The lowest BCUT2D eigenvalue weighted by molar-refractivity contribution is 0.307. The zero-order valence-corrected chi connectivity index (χ0v) is 12.7. The van der Waals surface area contributed by atoms with Gasteiger partial charge in [0.15, 0.2) is 5.16 Å². The highest BCUT2D eigenvalue weighted by atomic mass is 35.5. The second kappa shape index (κ2) is 6.23. The molecule has 0 fully saturated rings. The fraction of sp³-hybridized carbons (Fsp3) is 0.500. The van der Waals surface area contributed by atoms with Crippen LogP contribution in [0.5, 0.6) is 6.01 Å². The van der Waals surface area contributed by atoms with Crippen LogP contribution < -0.4 is 10.4 Å². The summed E-state index contributed by atoms with van der Waals surface area (Å²) < 4.78 is 6.69. The molecule has 8 nitrogen and oxygen atoms in total. The highest BCUT2D eigenvalue weighted by Crippen LogP contribution is 2.25. The molecule has 20 heavy (non-hydrogen) atoms. The monoisotopic (exact) mass is 316 g/mol. The molecule has 2 aromatic rings. The minimum absolute atomic E-state index is 0.0277. The summed E-state index contributed by atoms with van der Waals surface area (Å²) in [5, 5.41) is 7.13. The van der Waals surface area contributed by atoms with Crippen molar-refractivity contribution in [2.45, 2.75) is 37.1 Å². The molecule has 0 saturated heterocycles. The number of ether oxygens (including phenoxy) is 1. The van der Waals surface area contributed by atoms with Gasteiger partial charge in [-0.2, -0.15) is 15.0 Å². The first-order valence-electron chi connectivity index (χ1n) is 5.90. The fourth-order valence-corrected chi connectivity index (χ4v) is 2.56. The number of aromatic nitrogens is 6. The Hall–Kier alpha value is -1.61. The van der Waals surface area contributed by atoms with Gasteiger partial charge in [0.05, 0.1) is 6.61 Å². The molecule has 0 atom stereocenters. The average molecular weight is 317 g/mol. The largest absolute Gasteiger partial charge is 0.464 e. The third kappa shape index (κ3) is 3.28. The first-order chi connectivity index (χ1) is 9.51. The minimum atomic E-state index is -0.285. The van der Waals surface area contributed by atoms with Crippen molar-refractivity contribution in [2.24, 2.45) is 0 Å². The van der Waals surface area contributed by atoms with E-state index >= 15 is 0 Å². The summed E-state index contributed by atoms with van der Waals surface area (Å²) in [4.78, 5) is 23.5. The van der Waals surface area contributed by atoms with Crippen molar-refractivity contribution in [1.82, 2.24) is 29.7 Å². The smallest absolute Gasteiger partial charge is 0.344 e. The molecule has 2 rings (SSSR count). The Morgan fingerprint density at radius 3 is 2.80 bits per heavy atom. The number of nitrogens with zero attached hydrogens (tertiary/aromatic N) is 5. The van der Waals surface area contributed by atoms with Gasteiger partial charge in [-0.3, -0.25) is 4.57 Å². The summed E-state index contributed by atoms with van der Waals surface area (Å²) in [5.41, 5.74) is -0.285. The molecule has 10 heteroatoms. The van der Waals surface area contributed by atoms with Gasteiger partial charge >= 0.3 is 11.7 Å². The number of hydrogen-bond acceptors (Lipinski definition) is 7. The molecule has 0 aromatic carbocycles. The normalized spacial score (nSPS) is 11.1. The first-order valence-corrected chi connectivity index (χ1v) is 7.09. The third-order valence-corrected chi connectivity index (χ3v) is 3.22. The summed E-state index contributed by atoms with van der Waals surface area (Å²) in [6.45, 7) is 6.00. The molecule has 0 aliphatic rings. The van der Waals surface area contributed by atoms with Crippen molar-refractivity contribution < 1.29 is 4.74 Å². The molecule has 0 aliphatic heterocycles. The summed E-state index contributed by atoms with van der Waals surface area (Å²) in [6.07, 6.45) is 0. The third-order valence-electron chi connectivity index (χ3n) is 2.21. The number of halogens is 1. The predicted molar refractivity (Wildman–Crippen MR) is 73.4 cm³/mol. The predicted octanol–water partition coefficient (Wildman–Crippen LogP) is 1.54. The van der Waals surface area contributed by atoms with Crippen LogP contribution in [0.2, 0.25) is 5.28 Å². The van der Waals surface area contributed by atoms with Crippen LogP contribution in [0.4, 0.5) is 0 Å². The zero-order chi connectivity index (χ0) is 14.7. The second-order valence-electron chi connectivity index (χ2n) is 3.98. The highest BCUT2D eigenvalue weighted by molar-refractivity contribution is 7.99. The molecule has 0 unspecified atom stereocenters. The molecule has 2 heterocycles. The maximum Gasteiger partial charge on any atom is 0.344 e. The van der Waals surface area contributed by atoms with Crippen LogP contribution in [0.15, 0.2) is 15.1 Å². The Balaban J connectivity index is 2.32. The summed E-state index contributed by atoms with van der Waals surface area (Å²) >= 11 is 6.92. The van der Waals surface area contributed by atoms with Gasteiger partial charge in [0.2, 0.25) is 10.4 Å². The lowest BCUT2D eigenvalue weighted by atomic mass is 10.4. The summed E-state index contributed by atoms with van der Waals surface area (Å²) in [7, 11) is 0. The van der Waals surface area contributed by atoms with Crippen LogP contribution >= 0.6 is 23.4 Å². The number of nitrogens with one attached hydrogen (secondary N) is 1. The second-order valence-corrected chi connectivity index (χ2v) is 5.25. The molecule has 108 valence electrons. The molecular weight excluding hydrogens is 304 g/mol. The Morgan fingerprint density at radius 1 is 1.40 bits per heavy atom. The molecule has 0 spiro atoms. The molecule has 0 radical (unpaired) electrons. The van der Waals surface area contributed by atoms with Gasteiger partial charge in [-0.15, -0.1) is 5.10 Å². The molecule has 1 N–H and O–H groups in total. The van der Waals surface area contributed by atoms with Crippen LogP contribution in [0.1, 0.15) is 26.8 Å². The van der Waals surface area contributed by atoms with Crippen LogP contribution in [-0.4, -0.2) is 36.3 Å². The summed E-state index contributed by atoms with van der Waals surface area (Å²) in [6, 6.07) is 0.108. The van der Waals surface area contributed by atoms with E-state index in [-0.39, 0.29) is 23.0 Å². The molecule has 0 aliphatic carbocycles. The van der Waals surface area contributed by atoms with Crippen molar-refractivity contribution in [3.63, 3.8) is 0 Å². The van der Waals surface area contributed by atoms with Gasteiger partial charge in [-0.25, -0.2) is 9.89 Å². The fourth-order valence-electron chi connectivity index (χ4n) is 1.45. The van der Waals surface area contributed by atoms with E-state index in [0.717, 1.165) is 11.8 Å². The van der Waals surface area contributed by atoms with Crippen molar-refractivity contribution in [1.29, 1.82) is 0 Å². The lowest BCUT2D eigenvalue weighted by Crippen LogP contribution is -2.19. The highest BCUT2D eigenvalue weighted by Gasteiger charge is 2.15. The van der Waals surface area contributed by atoms with Gasteiger partial charge in [0.25, 0.3) is 0 Å². The van der Waals surface area contributed by atoms with E-state index in [0.29, 0.717) is 16.9 Å². The standard InChI is InChI=1S/C10H13ClN6O2S/c1-4-19-7-12-6(11)13-8(14-7)20-10-16-15-9(18)17(10)5(2)3/h5H,4H2,1-3H3,(H,15,18).